The van der Waals surface area contributed by atoms with Crippen LogP contribution in [0.25, 0.3) is 0 Å². The van der Waals surface area contributed by atoms with Gasteiger partial charge in [0.2, 0.25) is 5.91 Å². The van der Waals surface area contributed by atoms with Crippen LogP contribution in [0.5, 0.6) is 0 Å². The molecule has 1 unspecified atom stereocenters. The Balaban J connectivity index is 2.65. The summed E-state index contributed by atoms with van der Waals surface area (Å²) in [6.45, 7) is 0.608. The van der Waals surface area contributed by atoms with Gasteiger partial charge >= 0.3 is 0 Å². The Morgan fingerprint density at radius 3 is 2.89 bits per heavy atom. The van der Waals surface area contributed by atoms with E-state index in [2.05, 4.69) is 0 Å². The molecule has 47 valence electrons. The van der Waals surface area contributed by atoms with Gasteiger partial charge in [-0.25, -0.2) is 0 Å². The van der Waals surface area contributed by atoms with E-state index in [9.17, 15) is 4.79 Å². The molecule has 0 aromatic heterocycles. The summed E-state index contributed by atoms with van der Waals surface area (Å²) in [4.78, 5) is 12.3. The first-order chi connectivity index (χ1) is 4.25. The zero-order chi connectivity index (χ0) is 6.85. The average Bonchev–Trinajstić information content (AvgIpc) is 2.15. The summed E-state index contributed by atoms with van der Waals surface area (Å²) in [6.07, 6.45) is 1.71. The molecule has 1 radical (unpaired) electrons. The number of hydrogen-bond donors (Lipinski definition) is 0. The molecule has 0 aromatic rings. The van der Waals surface area contributed by atoms with E-state index in [1.165, 1.54) is 4.90 Å². The molecule has 1 aliphatic heterocycles. The molecule has 0 bridgehead atoms. The zero-order valence-electron chi connectivity index (χ0n) is 5.16. The topological polar surface area (TPSA) is 44.1 Å². The highest BCUT2D eigenvalue weighted by Crippen LogP contribution is 2.12. The van der Waals surface area contributed by atoms with E-state index >= 15 is 0 Å². The highest BCUT2D eigenvalue weighted by Gasteiger charge is 2.28. The van der Waals surface area contributed by atoms with Crippen LogP contribution in [0.15, 0.2) is 0 Å². The Labute approximate surface area is 53.9 Å². The molecular formula is C6H7N2O. The summed E-state index contributed by atoms with van der Waals surface area (Å²) in [5, 5.41) is 8.33. The second kappa shape index (κ2) is 2.06. The number of hydrogen-bond acceptors (Lipinski definition) is 2. The van der Waals surface area contributed by atoms with Gasteiger partial charge in [0, 0.05) is 20.0 Å². The Morgan fingerprint density at radius 1 is 2.00 bits per heavy atom. The van der Waals surface area contributed by atoms with Crippen LogP contribution in [0, 0.1) is 23.7 Å². The van der Waals surface area contributed by atoms with Gasteiger partial charge in [0.1, 0.15) is 5.92 Å². The van der Waals surface area contributed by atoms with Crippen LogP contribution in [0.4, 0.5) is 0 Å². The smallest absolute Gasteiger partial charge is 0.240 e. The SMILES string of the molecule is CN1C[CH]C(C#N)C1=O. The number of amides is 1. The Bertz CT molecular complexity index is 170. The van der Waals surface area contributed by atoms with E-state index in [0.29, 0.717) is 6.54 Å². The van der Waals surface area contributed by atoms with E-state index in [4.69, 9.17) is 5.26 Å². The number of nitriles is 1. The highest BCUT2D eigenvalue weighted by molar-refractivity contribution is 5.84. The van der Waals surface area contributed by atoms with Crippen molar-refractivity contribution in [2.75, 3.05) is 13.6 Å². The lowest BCUT2D eigenvalue weighted by Gasteiger charge is -2.04. The van der Waals surface area contributed by atoms with Crippen LogP contribution in [-0.4, -0.2) is 24.4 Å². The van der Waals surface area contributed by atoms with Gasteiger partial charge in [0.25, 0.3) is 0 Å². The van der Waals surface area contributed by atoms with Crippen molar-refractivity contribution in [1.29, 1.82) is 5.26 Å². The Morgan fingerprint density at radius 2 is 2.67 bits per heavy atom. The van der Waals surface area contributed by atoms with Gasteiger partial charge in [0.05, 0.1) is 6.07 Å². The van der Waals surface area contributed by atoms with Crippen molar-refractivity contribution >= 4 is 5.91 Å². The van der Waals surface area contributed by atoms with Gasteiger partial charge in [-0.2, -0.15) is 5.26 Å². The van der Waals surface area contributed by atoms with Crippen LogP contribution in [0.1, 0.15) is 0 Å². The van der Waals surface area contributed by atoms with Crippen molar-refractivity contribution in [1.82, 2.24) is 4.90 Å². The predicted octanol–water partition coefficient (Wildman–Crippen LogP) is -0.198. The molecule has 1 rings (SSSR count). The lowest BCUT2D eigenvalue weighted by molar-refractivity contribution is -0.128. The van der Waals surface area contributed by atoms with E-state index in [1.54, 1.807) is 13.5 Å². The van der Waals surface area contributed by atoms with Gasteiger partial charge in [0.15, 0.2) is 0 Å². The van der Waals surface area contributed by atoms with Gasteiger partial charge in [-0.05, 0) is 0 Å². The second-order valence-electron chi connectivity index (χ2n) is 2.06. The fraction of sp³-hybridized carbons (Fsp3) is 0.500. The van der Waals surface area contributed by atoms with Crippen LogP contribution in [0.2, 0.25) is 0 Å². The first-order valence-electron chi connectivity index (χ1n) is 2.73. The third kappa shape index (κ3) is 0.879. The molecule has 1 amide bonds. The van der Waals surface area contributed by atoms with E-state index in [-0.39, 0.29) is 5.91 Å². The number of carbonyl (C=O) groups excluding carboxylic acids is 1. The molecule has 1 aliphatic rings. The molecule has 1 atom stereocenters. The summed E-state index contributed by atoms with van der Waals surface area (Å²) in [7, 11) is 1.69. The predicted molar refractivity (Wildman–Crippen MR) is 31.0 cm³/mol. The van der Waals surface area contributed by atoms with E-state index < -0.39 is 5.92 Å². The largest absolute Gasteiger partial charge is 0.344 e. The van der Waals surface area contributed by atoms with Crippen LogP contribution in [0.3, 0.4) is 0 Å². The summed E-state index contributed by atoms with van der Waals surface area (Å²) in [6, 6.07) is 1.90. The van der Waals surface area contributed by atoms with Crippen molar-refractivity contribution in [3.63, 3.8) is 0 Å². The lowest BCUT2D eigenvalue weighted by atomic mass is 10.1. The monoisotopic (exact) mass is 123 g/mol. The second-order valence-corrected chi connectivity index (χ2v) is 2.06. The van der Waals surface area contributed by atoms with Gasteiger partial charge in [-0.1, -0.05) is 0 Å². The Hall–Kier alpha value is -1.04. The minimum atomic E-state index is -0.491. The van der Waals surface area contributed by atoms with E-state index in [0.717, 1.165) is 0 Å². The highest BCUT2D eigenvalue weighted by atomic mass is 16.2. The molecule has 0 aromatic carbocycles. The average molecular weight is 123 g/mol. The maximum absolute atomic E-state index is 10.8. The molecule has 0 spiro atoms. The number of carbonyl (C=O) groups is 1. The maximum atomic E-state index is 10.8. The van der Waals surface area contributed by atoms with Crippen molar-refractivity contribution in [2.45, 2.75) is 0 Å². The Kier molecular flexibility index (Phi) is 1.39. The van der Waals surface area contributed by atoms with Crippen molar-refractivity contribution in [2.24, 2.45) is 5.92 Å². The summed E-state index contributed by atoms with van der Waals surface area (Å²) in [5.41, 5.74) is 0. The molecule has 0 aliphatic carbocycles. The van der Waals surface area contributed by atoms with Crippen LogP contribution >= 0.6 is 0 Å². The normalized spacial score (nSPS) is 26.4. The lowest BCUT2D eigenvalue weighted by Crippen LogP contribution is -2.21. The van der Waals surface area contributed by atoms with Crippen LogP contribution in [-0.2, 0) is 4.79 Å². The molecule has 1 saturated heterocycles. The standard InChI is InChI=1S/C6H7N2O/c1-8-3-2-5(4-7)6(8)9/h2,5H,3H2,1H3. The minimum Gasteiger partial charge on any atom is -0.344 e. The van der Waals surface area contributed by atoms with Gasteiger partial charge in [-0.3, -0.25) is 4.79 Å². The zero-order valence-corrected chi connectivity index (χ0v) is 5.16. The molecule has 3 heteroatoms. The number of rotatable bonds is 0. The fourth-order valence-electron chi connectivity index (χ4n) is 0.800. The molecule has 0 saturated carbocycles. The molecule has 1 fully saturated rings. The van der Waals surface area contributed by atoms with Gasteiger partial charge in [-0.15, -0.1) is 0 Å². The molecule has 9 heavy (non-hydrogen) atoms. The van der Waals surface area contributed by atoms with Gasteiger partial charge < -0.3 is 4.90 Å². The van der Waals surface area contributed by atoms with Crippen molar-refractivity contribution < 1.29 is 4.79 Å². The summed E-state index contributed by atoms with van der Waals surface area (Å²) < 4.78 is 0. The van der Waals surface area contributed by atoms with E-state index in [1.807, 2.05) is 6.07 Å². The van der Waals surface area contributed by atoms with Crippen molar-refractivity contribution in [3.05, 3.63) is 6.42 Å². The number of nitrogens with zero attached hydrogens (tertiary/aromatic N) is 2. The molecular weight excluding hydrogens is 116 g/mol. The molecule has 3 nitrogen and oxygen atoms in total. The first kappa shape index (κ1) is 6.09. The third-order valence-electron chi connectivity index (χ3n) is 1.40. The maximum Gasteiger partial charge on any atom is 0.240 e. The summed E-state index contributed by atoms with van der Waals surface area (Å²) >= 11 is 0. The molecule has 1 heterocycles. The van der Waals surface area contributed by atoms with Crippen molar-refractivity contribution in [3.8, 4) is 6.07 Å². The van der Waals surface area contributed by atoms with Crippen LogP contribution < -0.4 is 0 Å². The quantitative estimate of drug-likeness (QED) is 0.448. The molecule has 0 N–H and O–H groups in total. The number of likely N-dealkylation sites (tertiary alicyclic amines) is 1. The third-order valence-corrected chi connectivity index (χ3v) is 1.40. The fourth-order valence-corrected chi connectivity index (χ4v) is 0.800. The minimum absolute atomic E-state index is 0.0856. The summed E-state index contributed by atoms with van der Waals surface area (Å²) in [5.74, 6) is -0.576. The first-order valence-corrected chi connectivity index (χ1v) is 2.73.